The Hall–Kier alpha value is -2.40. The predicted octanol–water partition coefficient (Wildman–Crippen LogP) is 3.66. The number of carbonyl (C=O) groups excluding carboxylic acids is 1. The second-order valence-electron chi connectivity index (χ2n) is 7.51. The average Bonchev–Trinajstić information content (AvgIpc) is 3.25. The predicted molar refractivity (Wildman–Crippen MR) is 107 cm³/mol. The van der Waals surface area contributed by atoms with Crippen LogP contribution in [0.2, 0.25) is 0 Å². The number of nitrogens with one attached hydrogen (secondary N) is 1. The van der Waals surface area contributed by atoms with Crippen molar-refractivity contribution in [3.8, 4) is 0 Å². The molecular weight excluding hydrogens is 338 g/mol. The van der Waals surface area contributed by atoms with Crippen LogP contribution in [0.1, 0.15) is 31.2 Å². The molecule has 2 saturated heterocycles. The van der Waals surface area contributed by atoms with Gasteiger partial charge in [0.15, 0.2) is 0 Å². The highest BCUT2D eigenvalue weighted by molar-refractivity contribution is 5.93. The van der Waals surface area contributed by atoms with Crippen LogP contribution in [0.5, 0.6) is 0 Å². The van der Waals surface area contributed by atoms with E-state index in [4.69, 9.17) is 4.74 Å². The lowest BCUT2D eigenvalue weighted by molar-refractivity contribution is -0.124. The van der Waals surface area contributed by atoms with Crippen molar-refractivity contribution < 1.29 is 9.53 Å². The molecule has 0 aliphatic carbocycles. The third kappa shape index (κ3) is 4.66. The van der Waals surface area contributed by atoms with Crippen LogP contribution in [0.25, 0.3) is 0 Å². The topological polar surface area (TPSA) is 54.5 Å². The molecule has 1 aromatic carbocycles. The van der Waals surface area contributed by atoms with E-state index in [9.17, 15) is 4.79 Å². The number of carbonyl (C=O) groups is 1. The van der Waals surface area contributed by atoms with Crippen molar-refractivity contribution in [2.24, 2.45) is 5.92 Å². The first kappa shape index (κ1) is 18.0. The fraction of sp³-hybridized carbons (Fsp3) is 0.455. The van der Waals surface area contributed by atoms with Gasteiger partial charge in [0.1, 0.15) is 11.9 Å². The van der Waals surface area contributed by atoms with E-state index in [0.29, 0.717) is 12.4 Å². The van der Waals surface area contributed by atoms with Gasteiger partial charge in [-0.25, -0.2) is 4.98 Å². The smallest absolute Gasteiger partial charge is 0.254 e. The molecule has 5 nitrogen and oxygen atoms in total. The zero-order valence-corrected chi connectivity index (χ0v) is 15.6. The number of pyridine rings is 1. The minimum Gasteiger partial charge on any atom is -0.370 e. The fourth-order valence-corrected chi connectivity index (χ4v) is 3.98. The van der Waals surface area contributed by atoms with Crippen molar-refractivity contribution in [2.75, 3.05) is 29.9 Å². The molecule has 1 N–H and O–H groups in total. The molecule has 3 heterocycles. The highest BCUT2D eigenvalue weighted by Gasteiger charge is 2.24. The maximum absolute atomic E-state index is 12.1. The molecule has 27 heavy (non-hydrogen) atoms. The number of amides is 1. The molecule has 2 aromatic rings. The summed E-state index contributed by atoms with van der Waals surface area (Å²) in [5.74, 6) is 1.26. The zero-order valence-electron chi connectivity index (χ0n) is 15.6. The van der Waals surface area contributed by atoms with E-state index in [1.165, 1.54) is 24.8 Å². The summed E-state index contributed by atoms with van der Waals surface area (Å²) in [6, 6.07) is 14.7. The Kier molecular flexibility index (Phi) is 5.68. The third-order valence-electron chi connectivity index (χ3n) is 5.57. The van der Waals surface area contributed by atoms with Crippen LogP contribution in [0, 0.1) is 5.92 Å². The summed E-state index contributed by atoms with van der Waals surface area (Å²) >= 11 is 0. The van der Waals surface area contributed by atoms with Gasteiger partial charge in [-0.3, -0.25) is 4.79 Å². The number of hydrogen-bond donors (Lipinski definition) is 1. The minimum atomic E-state index is -0.324. The van der Waals surface area contributed by atoms with Crippen LogP contribution in [-0.4, -0.2) is 36.7 Å². The molecule has 0 saturated carbocycles. The van der Waals surface area contributed by atoms with Gasteiger partial charge in [0.2, 0.25) is 0 Å². The quantitative estimate of drug-likeness (QED) is 0.879. The number of benzene rings is 1. The summed E-state index contributed by atoms with van der Waals surface area (Å²) in [6.07, 6.45) is 6.85. The molecule has 1 unspecified atom stereocenters. The van der Waals surface area contributed by atoms with E-state index in [1.54, 1.807) is 0 Å². The molecule has 1 atom stereocenters. The Morgan fingerprint density at radius 2 is 1.93 bits per heavy atom. The number of anilines is 2. The van der Waals surface area contributed by atoms with Crippen molar-refractivity contribution in [3.05, 3.63) is 54.2 Å². The van der Waals surface area contributed by atoms with Gasteiger partial charge in [-0.15, -0.1) is 0 Å². The molecule has 1 aromatic heterocycles. The Morgan fingerprint density at radius 1 is 1.11 bits per heavy atom. The number of rotatable bonds is 5. The largest absolute Gasteiger partial charge is 0.370 e. The first-order valence-corrected chi connectivity index (χ1v) is 9.95. The lowest BCUT2D eigenvalue weighted by Crippen LogP contribution is -2.34. The first-order chi connectivity index (χ1) is 13.3. The summed E-state index contributed by atoms with van der Waals surface area (Å²) in [6.45, 7) is 2.78. The molecule has 2 aliphatic heterocycles. The molecule has 0 radical (unpaired) electrons. The molecule has 2 fully saturated rings. The number of nitrogens with zero attached hydrogens (tertiary/aromatic N) is 2. The Labute approximate surface area is 160 Å². The molecule has 0 bridgehead atoms. The van der Waals surface area contributed by atoms with Crippen molar-refractivity contribution in [1.82, 2.24) is 4.98 Å². The average molecular weight is 365 g/mol. The van der Waals surface area contributed by atoms with Crippen LogP contribution in [-0.2, 0) is 16.0 Å². The van der Waals surface area contributed by atoms with E-state index in [-0.39, 0.29) is 12.0 Å². The molecule has 5 heteroatoms. The van der Waals surface area contributed by atoms with Gasteiger partial charge >= 0.3 is 0 Å². The molecule has 4 rings (SSSR count). The van der Waals surface area contributed by atoms with Gasteiger partial charge in [-0.2, -0.15) is 0 Å². The van der Waals surface area contributed by atoms with E-state index < -0.39 is 0 Å². The Morgan fingerprint density at radius 3 is 2.59 bits per heavy atom. The van der Waals surface area contributed by atoms with Crippen LogP contribution in [0.3, 0.4) is 0 Å². The van der Waals surface area contributed by atoms with Crippen LogP contribution in [0.4, 0.5) is 11.5 Å². The van der Waals surface area contributed by atoms with Gasteiger partial charge in [0, 0.05) is 19.7 Å². The molecule has 2 aliphatic rings. The van der Waals surface area contributed by atoms with Crippen LogP contribution in [0.15, 0.2) is 48.7 Å². The van der Waals surface area contributed by atoms with Gasteiger partial charge in [0.05, 0.1) is 11.9 Å². The molecule has 0 spiro atoms. The zero-order chi connectivity index (χ0) is 18.5. The SMILES string of the molecule is O=C(Nc1ccc(N2CCC(Cc3ccccc3)CC2)cn1)C1CCCO1. The standard InChI is InChI=1S/C22H27N3O2/c26-22(20-7-4-14-27-20)24-21-9-8-19(16-23-21)25-12-10-18(11-13-25)15-17-5-2-1-3-6-17/h1-3,5-6,8-9,16,18,20H,4,7,10-15H2,(H,23,24,26). The second kappa shape index (κ2) is 8.53. The van der Waals surface area contributed by atoms with E-state index in [1.807, 2.05) is 12.3 Å². The number of piperidine rings is 1. The van der Waals surface area contributed by atoms with Crippen molar-refractivity contribution in [2.45, 2.75) is 38.2 Å². The van der Waals surface area contributed by atoms with Gasteiger partial charge in [-0.05, 0) is 55.7 Å². The van der Waals surface area contributed by atoms with Crippen LogP contribution < -0.4 is 10.2 Å². The van der Waals surface area contributed by atoms with Crippen molar-refractivity contribution >= 4 is 17.4 Å². The Bertz CT molecular complexity index is 734. The number of ether oxygens (including phenoxy) is 1. The van der Waals surface area contributed by atoms with Crippen LogP contribution >= 0.6 is 0 Å². The maximum Gasteiger partial charge on any atom is 0.254 e. The highest BCUT2D eigenvalue weighted by atomic mass is 16.5. The minimum absolute atomic E-state index is 0.0884. The lowest BCUT2D eigenvalue weighted by Gasteiger charge is -2.33. The van der Waals surface area contributed by atoms with E-state index in [0.717, 1.165) is 37.5 Å². The van der Waals surface area contributed by atoms with Crippen molar-refractivity contribution in [3.63, 3.8) is 0 Å². The summed E-state index contributed by atoms with van der Waals surface area (Å²) in [7, 11) is 0. The van der Waals surface area contributed by atoms with Gasteiger partial charge in [-0.1, -0.05) is 30.3 Å². The molecule has 142 valence electrons. The third-order valence-corrected chi connectivity index (χ3v) is 5.57. The summed E-state index contributed by atoms with van der Waals surface area (Å²) in [4.78, 5) is 18.9. The molecule has 1 amide bonds. The van der Waals surface area contributed by atoms with Gasteiger partial charge in [0.25, 0.3) is 5.91 Å². The van der Waals surface area contributed by atoms with E-state index in [2.05, 4.69) is 51.6 Å². The number of aromatic nitrogens is 1. The number of hydrogen-bond acceptors (Lipinski definition) is 4. The van der Waals surface area contributed by atoms with E-state index >= 15 is 0 Å². The summed E-state index contributed by atoms with van der Waals surface area (Å²) in [5.41, 5.74) is 2.56. The summed E-state index contributed by atoms with van der Waals surface area (Å²) in [5, 5.41) is 2.85. The maximum atomic E-state index is 12.1. The Balaban J connectivity index is 1.27. The highest BCUT2D eigenvalue weighted by Crippen LogP contribution is 2.26. The van der Waals surface area contributed by atoms with Crippen molar-refractivity contribution in [1.29, 1.82) is 0 Å². The van der Waals surface area contributed by atoms with Gasteiger partial charge < -0.3 is 15.0 Å². The summed E-state index contributed by atoms with van der Waals surface area (Å²) < 4.78 is 5.41. The molecular formula is C22H27N3O2. The normalized spacial score (nSPS) is 20.6. The lowest BCUT2D eigenvalue weighted by atomic mass is 9.90. The fourth-order valence-electron chi connectivity index (χ4n) is 3.98. The first-order valence-electron chi connectivity index (χ1n) is 9.95. The second-order valence-corrected chi connectivity index (χ2v) is 7.51. The monoisotopic (exact) mass is 365 g/mol.